The summed E-state index contributed by atoms with van der Waals surface area (Å²) in [6, 6.07) is 1.81. The van der Waals surface area contributed by atoms with Gasteiger partial charge in [0.1, 0.15) is 5.82 Å². The zero-order valence-electron chi connectivity index (χ0n) is 11.4. The molecular weight excluding hydrogens is 242 g/mol. The van der Waals surface area contributed by atoms with E-state index in [1.54, 1.807) is 0 Å². The molecule has 2 rings (SSSR count). The summed E-state index contributed by atoms with van der Waals surface area (Å²) in [6.45, 7) is 4.51. The maximum absolute atomic E-state index is 10.8. The van der Waals surface area contributed by atoms with Crippen molar-refractivity contribution >= 4 is 17.5 Å². The van der Waals surface area contributed by atoms with Gasteiger partial charge in [-0.3, -0.25) is 0 Å². The van der Waals surface area contributed by atoms with Gasteiger partial charge in [0.2, 0.25) is 0 Å². The largest absolute Gasteiger partial charge is 0.478 e. The van der Waals surface area contributed by atoms with E-state index in [9.17, 15) is 4.79 Å². The lowest BCUT2D eigenvalue weighted by molar-refractivity contribution is 0.0696. The molecule has 4 N–H and O–H groups in total. The van der Waals surface area contributed by atoms with Crippen molar-refractivity contribution in [3.8, 4) is 0 Å². The van der Waals surface area contributed by atoms with Crippen molar-refractivity contribution in [2.75, 3.05) is 11.1 Å². The fourth-order valence-electron chi connectivity index (χ4n) is 2.68. The highest BCUT2D eigenvalue weighted by molar-refractivity contribution is 5.89. The van der Waals surface area contributed by atoms with Crippen molar-refractivity contribution in [1.29, 1.82) is 0 Å². The molecular formula is C14H21N3O2. The molecule has 1 aromatic rings. The lowest BCUT2D eigenvalue weighted by Crippen LogP contribution is -2.35. The lowest BCUT2D eigenvalue weighted by atomic mass is 9.78. The number of pyridine rings is 1. The molecule has 1 aliphatic rings. The topological polar surface area (TPSA) is 88.2 Å². The SMILES string of the molecule is CC1CCCC(Nc2ncc(C(=O)O)cc2N)C1C. The van der Waals surface area contributed by atoms with Gasteiger partial charge in [0, 0.05) is 12.2 Å². The molecule has 1 fully saturated rings. The molecule has 0 bridgehead atoms. The van der Waals surface area contributed by atoms with Gasteiger partial charge in [-0.15, -0.1) is 0 Å². The molecule has 1 aromatic heterocycles. The Bertz CT molecular complexity index is 476. The minimum atomic E-state index is -1.01. The number of carbonyl (C=O) groups is 1. The minimum Gasteiger partial charge on any atom is -0.478 e. The summed E-state index contributed by atoms with van der Waals surface area (Å²) in [5.74, 6) is 0.834. The van der Waals surface area contributed by atoms with Crippen LogP contribution < -0.4 is 11.1 Å². The van der Waals surface area contributed by atoms with E-state index in [1.807, 2.05) is 0 Å². The summed E-state index contributed by atoms with van der Waals surface area (Å²) in [4.78, 5) is 15.0. The second-order valence-corrected chi connectivity index (χ2v) is 5.49. The average molecular weight is 263 g/mol. The van der Waals surface area contributed by atoms with Crippen molar-refractivity contribution in [3.05, 3.63) is 17.8 Å². The molecule has 1 saturated carbocycles. The Labute approximate surface area is 113 Å². The molecule has 104 valence electrons. The predicted octanol–water partition coefficient (Wildman–Crippen LogP) is 2.60. The maximum Gasteiger partial charge on any atom is 0.337 e. The van der Waals surface area contributed by atoms with Gasteiger partial charge < -0.3 is 16.2 Å². The molecule has 1 aliphatic carbocycles. The molecule has 0 aromatic carbocycles. The molecule has 0 saturated heterocycles. The second-order valence-electron chi connectivity index (χ2n) is 5.49. The second kappa shape index (κ2) is 5.47. The van der Waals surface area contributed by atoms with E-state index in [0.29, 0.717) is 29.4 Å². The molecule has 0 spiro atoms. The number of carboxylic acid groups (broad SMARTS) is 1. The van der Waals surface area contributed by atoms with E-state index < -0.39 is 5.97 Å². The molecule has 3 atom stereocenters. The quantitative estimate of drug-likeness (QED) is 0.780. The average Bonchev–Trinajstić information content (AvgIpc) is 2.37. The Morgan fingerprint density at radius 2 is 2.21 bits per heavy atom. The molecule has 5 nitrogen and oxygen atoms in total. The van der Waals surface area contributed by atoms with Crippen LogP contribution in [0.4, 0.5) is 11.5 Å². The van der Waals surface area contributed by atoms with Crippen molar-refractivity contribution in [1.82, 2.24) is 4.98 Å². The normalized spacial score (nSPS) is 26.9. The predicted molar refractivity (Wildman–Crippen MR) is 75.2 cm³/mol. The molecule has 0 aliphatic heterocycles. The van der Waals surface area contributed by atoms with Gasteiger partial charge in [0.25, 0.3) is 0 Å². The third kappa shape index (κ3) is 2.97. The van der Waals surface area contributed by atoms with E-state index in [0.717, 1.165) is 6.42 Å². The van der Waals surface area contributed by atoms with Crippen LogP contribution in [0.1, 0.15) is 43.5 Å². The highest BCUT2D eigenvalue weighted by Crippen LogP contribution is 2.32. The van der Waals surface area contributed by atoms with Gasteiger partial charge in [0.05, 0.1) is 11.3 Å². The monoisotopic (exact) mass is 263 g/mol. The van der Waals surface area contributed by atoms with E-state index in [-0.39, 0.29) is 5.56 Å². The number of hydrogen-bond donors (Lipinski definition) is 3. The molecule has 5 heteroatoms. The van der Waals surface area contributed by atoms with Crippen LogP contribution >= 0.6 is 0 Å². The number of nitrogens with zero attached hydrogens (tertiary/aromatic N) is 1. The first-order chi connectivity index (χ1) is 8.99. The molecule has 0 amide bonds. The van der Waals surface area contributed by atoms with Gasteiger partial charge in [-0.2, -0.15) is 0 Å². The zero-order valence-corrected chi connectivity index (χ0v) is 11.4. The summed E-state index contributed by atoms with van der Waals surface area (Å²) >= 11 is 0. The number of aromatic carboxylic acids is 1. The van der Waals surface area contributed by atoms with Crippen LogP contribution in [0.15, 0.2) is 12.3 Å². The third-order valence-electron chi connectivity index (χ3n) is 4.19. The summed E-state index contributed by atoms with van der Waals surface area (Å²) in [6.07, 6.45) is 4.92. The summed E-state index contributed by atoms with van der Waals surface area (Å²) in [5, 5.41) is 12.2. The fourth-order valence-corrected chi connectivity index (χ4v) is 2.68. The highest BCUT2D eigenvalue weighted by Gasteiger charge is 2.27. The summed E-state index contributed by atoms with van der Waals surface area (Å²) in [7, 11) is 0. The number of nitrogens with one attached hydrogen (secondary N) is 1. The van der Waals surface area contributed by atoms with Crippen LogP contribution in [-0.2, 0) is 0 Å². The lowest BCUT2D eigenvalue weighted by Gasteiger charge is -2.35. The van der Waals surface area contributed by atoms with E-state index >= 15 is 0 Å². The zero-order chi connectivity index (χ0) is 14.0. The van der Waals surface area contributed by atoms with E-state index in [4.69, 9.17) is 10.8 Å². The summed E-state index contributed by atoms with van der Waals surface area (Å²) in [5.41, 5.74) is 6.38. The minimum absolute atomic E-state index is 0.119. The van der Waals surface area contributed by atoms with E-state index in [2.05, 4.69) is 24.1 Å². The van der Waals surface area contributed by atoms with Crippen LogP contribution in [0, 0.1) is 11.8 Å². The molecule has 19 heavy (non-hydrogen) atoms. The Morgan fingerprint density at radius 3 is 2.84 bits per heavy atom. The number of hydrogen-bond acceptors (Lipinski definition) is 4. The van der Waals surface area contributed by atoms with Crippen LogP contribution in [0.3, 0.4) is 0 Å². The number of aromatic nitrogens is 1. The Kier molecular flexibility index (Phi) is 3.93. The van der Waals surface area contributed by atoms with Crippen molar-refractivity contribution in [3.63, 3.8) is 0 Å². The van der Waals surface area contributed by atoms with Gasteiger partial charge in [-0.1, -0.05) is 26.7 Å². The molecule has 3 unspecified atom stereocenters. The van der Waals surface area contributed by atoms with Crippen molar-refractivity contribution < 1.29 is 9.90 Å². The fraction of sp³-hybridized carbons (Fsp3) is 0.571. The number of carboxylic acids is 1. The Balaban J connectivity index is 2.12. The van der Waals surface area contributed by atoms with Crippen LogP contribution in [-0.4, -0.2) is 22.1 Å². The van der Waals surface area contributed by atoms with Crippen LogP contribution in [0.5, 0.6) is 0 Å². The third-order valence-corrected chi connectivity index (χ3v) is 4.19. The van der Waals surface area contributed by atoms with Gasteiger partial charge >= 0.3 is 5.97 Å². The Morgan fingerprint density at radius 1 is 1.47 bits per heavy atom. The maximum atomic E-state index is 10.8. The molecule has 0 radical (unpaired) electrons. The van der Waals surface area contributed by atoms with Crippen molar-refractivity contribution in [2.24, 2.45) is 11.8 Å². The number of nitrogens with two attached hydrogens (primary N) is 1. The Hall–Kier alpha value is -1.78. The van der Waals surface area contributed by atoms with Crippen LogP contribution in [0.25, 0.3) is 0 Å². The number of nitrogen functional groups attached to an aromatic ring is 1. The number of rotatable bonds is 3. The highest BCUT2D eigenvalue weighted by atomic mass is 16.4. The first-order valence-electron chi connectivity index (χ1n) is 6.74. The van der Waals surface area contributed by atoms with Gasteiger partial charge in [0.15, 0.2) is 0 Å². The van der Waals surface area contributed by atoms with Gasteiger partial charge in [-0.05, 0) is 24.3 Å². The van der Waals surface area contributed by atoms with Crippen LogP contribution in [0.2, 0.25) is 0 Å². The van der Waals surface area contributed by atoms with Gasteiger partial charge in [-0.25, -0.2) is 9.78 Å². The smallest absolute Gasteiger partial charge is 0.337 e. The first kappa shape index (κ1) is 13.6. The van der Waals surface area contributed by atoms with Crippen molar-refractivity contribution in [2.45, 2.75) is 39.2 Å². The van der Waals surface area contributed by atoms with E-state index in [1.165, 1.54) is 25.1 Å². The standard InChI is InChI=1S/C14H21N3O2/c1-8-4-3-5-12(9(8)2)17-13-11(15)6-10(7-16-13)14(18)19/h6-9,12H,3-5,15H2,1-2H3,(H,16,17)(H,18,19). The number of anilines is 2. The summed E-state index contributed by atoms with van der Waals surface area (Å²) < 4.78 is 0. The first-order valence-corrected chi connectivity index (χ1v) is 6.74. The molecule has 1 heterocycles.